The van der Waals surface area contributed by atoms with Crippen LogP contribution in [-0.2, 0) is 11.2 Å². The van der Waals surface area contributed by atoms with Crippen LogP contribution in [0.2, 0.25) is 0 Å². The van der Waals surface area contributed by atoms with Crippen molar-refractivity contribution in [2.75, 3.05) is 5.32 Å². The summed E-state index contributed by atoms with van der Waals surface area (Å²) in [5.41, 5.74) is 1.02. The number of carbonyl (C=O) groups is 2. The number of carbonyl (C=O) groups excluding carboxylic acids is 2. The first-order valence-electron chi connectivity index (χ1n) is 9.78. The number of anilines is 1. The lowest BCUT2D eigenvalue weighted by Gasteiger charge is -2.26. The van der Waals surface area contributed by atoms with Gasteiger partial charge in [-0.15, -0.1) is 0 Å². The van der Waals surface area contributed by atoms with Gasteiger partial charge in [0.15, 0.2) is 0 Å². The van der Waals surface area contributed by atoms with Crippen molar-refractivity contribution in [1.29, 1.82) is 0 Å². The number of rotatable bonds is 6. The molecule has 1 aliphatic rings. The van der Waals surface area contributed by atoms with E-state index in [1.165, 1.54) is 18.6 Å². The van der Waals surface area contributed by atoms with Crippen LogP contribution >= 0.6 is 0 Å². The molecule has 1 aliphatic carbocycles. The van der Waals surface area contributed by atoms with Crippen molar-refractivity contribution in [2.45, 2.75) is 50.6 Å². The number of hydrogen-bond acceptors (Lipinski definition) is 2. The van der Waals surface area contributed by atoms with Crippen LogP contribution in [0.1, 0.15) is 37.7 Å². The second kappa shape index (κ2) is 9.88. The molecule has 0 bridgehead atoms. The summed E-state index contributed by atoms with van der Waals surface area (Å²) in [4.78, 5) is 25.2. The van der Waals surface area contributed by atoms with Crippen molar-refractivity contribution in [3.63, 3.8) is 0 Å². The number of hydrogen-bond donors (Lipinski definition) is 3. The number of halogens is 1. The number of urea groups is 1. The molecule has 3 rings (SSSR count). The van der Waals surface area contributed by atoms with E-state index < -0.39 is 17.9 Å². The fourth-order valence-corrected chi connectivity index (χ4v) is 3.49. The average Bonchev–Trinajstić information content (AvgIpc) is 2.71. The molecule has 1 unspecified atom stereocenters. The Kier molecular flexibility index (Phi) is 7.00. The van der Waals surface area contributed by atoms with Crippen LogP contribution in [-0.4, -0.2) is 24.0 Å². The zero-order valence-corrected chi connectivity index (χ0v) is 15.8. The topological polar surface area (TPSA) is 70.2 Å². The van der Waals surface area contributed by atoms with Crippen LogP contribution in [0.4, 0.5) is 14.9 Å². The van der Waals surface area contributed by atoms with Gasteiger partial charge in [0.05, 0.1) is 5.69 Å². The Morgan fingerprint density at radius 2 is 1.64 bits per heavy atom. The van der Waals surface area contributed by atoms with Crippen LogP contribution < -0.4 is 16.0 Å². The number of para-hydroxylation sites is 1. The molecule has 148 valence electrons. The highest BCUT2D eigenvalue weighted by Crippen LogP contribution is 2.18. The van der Waals surface area contributed by atoms with Gasteiger partial charge in [-0.25, -0.2) is 9.18 Å². The SMILES string of the molecule is O=C(Nc1ccccc1F)NC(Cc1ccccc1)C(=O)NC1CCCCC1. The van der Waals surface area contributed by atoms with Gasteiger partial charge in [0.2, 0.25) is 5.91 Å². The number of amides is 3. The minimum Gasteiger partial charge on any atom is -0.352 e. The summed E-state index contributed by atoms with van der Waals surface area (Å²) in [5, 5.41) is 8.25. The molecule has 0 heterocycles. The fourth-order valence-electron chi connectivity index (χ4n) is 3.49. The molecule has 1 saturated carbocycles. The lowest BCUT2D eigenvalue weighted by molar-refractivity contribution is -0.123. The van der Waals surface area contributed by atoms with Crippen molar-refractivity contribution >= 4 is 17.6 Å². The molecule has 0 radical (unpaired) electrons. The summed E-state index contributed by atoms with van der Waals surface area (Å²) in [6.07, 6.45) is 5.70. The summed E-state index contributed by atoms with van der Waals surface area (Å²) >= 11 is 0. The van der Waals surface area contributed by atoms with Crippen molar-refractivity contribution < 1.29 is 14.0 Å². The Balaban J connectivity index is 1.66. The fraction of sp³-hybridized carbons (Fsp3) is 0.364. The predicted octanol–water partition coefficient (Wildman–Crippen LogP) is 4.01. The van der Waals surface area contributed by atoms with E-state index in [1.54, 1.807) is 12.1 Å². The van der Waals surface area contributed by atoms with Gasteiger partial charge < -0.3 is 16.0 Å². The molecule has 3 amide bonds. The quantitative estimate of drug-likeness (QED) is 0.705. The molecule has 0 aromatic heterocycles. The highest BCUT2D eigenvalue weighted by molar-refractivity contribution is 5.94. The van der Waals surface area contributed by atoms with Gasteiger partial charge in [0.25, 0.3) is 0 Å². The van der Waals surface area contributed by atoms with Gasteiger partial charge >= 0.3 is 6.03 Å². The molecule has 1 atom stereocenters. The second-order valence-corrected chi connectivity index (χ2v) is 7.16. The zero-order chi connectivity index (χ0) is 19.8. The third-order valence-corrected chi connectivity index (χ3v) is 4.98. The summed E-state index contributed by atoms with van der Waals surface area (Å²) in [6.45, 7) is 0. The lowest BCUT2D eigenvalue weighted by atomic mass is 9.95. The van der Waals surface area contributed by atoms with Gasteiger partial charge in [-0.2, -0.15) is 0 Å². The molecule has 2 aromatic carbocycles. The van der Waals surface area contributed by atoms with Crippen LogP contribution in [0.15, 0.2) is 54.6 Å². The molecule has 0 saturated heterocycles. The Bertz CT molecular complexity index is 791. The Morgan fingerprint density at radius 1 is 0.964 bits per heavy atom. The van der Waals surface area contributed by atoms with Gasteiger partial charge in [0, 0.05) is 12.5 Å². The molecule has 1 fully saturated rings. The van der Waals surface area contributed by atoms with Crippen LogP contribution in [0.25, 0.3) is 0 Å². The van der Waals surface area contributed by atoms with Crippen LogP contribution in [0.3, 0.4) is 0 Å². The van der Waals surface area contributed by atoms with Crippen molar-refractivity contribution in [3.8, 4) is 0 Å². The first-order valence-corrected chi connectivity index (χ1v) is 9.78. The van der Waals surface area contributed by atoms with E-state index in [4.69, 9.17) is 0 Å². The summed E-state index contributed by atoms with van der Waals surface area (Å²) in [7, 11) is 0. The van der Waals surface area contributed by atoms with Crippen molar-refractivity contribution in [3.05, 3.63) is 66.0 Å². The molecule has 6 heteroatoms. The molecular weight excluding hydrogens is 357 g/mol. The minimum atomic E-state index is -0.740. The summed E-state index contributed by atoms with van der Waals surface area (Å²) in [6, 6.07) is 14.3. The molecule has 28 heavy (non-hydrogen) atoms. The minimum absolute atomic E-state index is 0.0751. The first-order chi connectivity index (χ1) is 13.6. The van der Waals surface area contributed by atoms with Crippen molar-refractivity contribution in [2.24, 2.45) is 0 Å². The molecular formula is C22H26FN3O2. The van der Waals surface area contributed by atoms with Gasteiger partial charge in [-0.1, -0.05) is 61.7 Å². The second-order valence-electron chi connectivity index (χ2n) is 7.16. The highest BCUT2D eigenvalue weighted by Gasteiger charge is 2.25. The maximum atomic E-state index is 13.8. The van der Waals surface area contributed by atoms with Crippen LogP contribution in [0.5, 0.6) is 0 Å². The van der Waals surface area contributed by atoms with Gasteiger partial charge in [-0.3, -0.25) is 4.79 Å². The number of benzene rings is 2. The molecule has 0 spiro atoms. The lowest BCUT2D eigenvalue weighted by Crippen LogP contribution is -2.52. The zero-order valence-electron chi connectivity index (χ0n) is 15.8. The third-order valence-electron chi connectivity index (χ3n) is 4.98. The first kappa shape index (κ1) is 19.9. The van der Waals surface area contributed by atoms with E-state index >= 15 is 0 Å². The Hall–Kier alpha value is -2.89. The monoisotopic (exact) mass is 383 g/mol. The molecule has 2 aromatic rings. The maximum Gasteiger partial charge on any atom is 0.319 e. The molecule has 3 N–H and O–H groups in total. The third kappa shape index (κ3) is 5.81. The smallest absolute Gasteiger partial charge is 0.319 e. The largest absolute Gasteiger partial charge is 0.352 e. The van der Waals surface area contributed by atoms with Crippen molar-refractivity contribution in [1.82, 2.24) is 10.6 Å². The van der Waals surface area contributed by atoms with E-state index in [-0.39, 0.29) is 17.6 Å². The van der Waals surface area contributed by atoms with Crippen LogP contribution in [0, 0.1) is 5.82 Å². The number of nitrogens with one attached hydrogen (secondary N) is 3. The molecule has 5 nitrogen and oxygen atoms in total. The van der Waals surface area contributed by atoms with E-state index in [0.29, 0.717) is 6.42 Å². The summed E-state index contributed by atoms with van der Waals surface area (Å²) in [5.74, 6) is -0.733. The summed E-state index contributed by atoms with van der Waals surface area (Å²) < 4.78 is 13.8. The van der Waals surface area contributed by atoms with E-state index in [2.05, 4.69) is 16.0 Å². The Labute approximate surface area is 164 Å². The average molecular weight is 383 g/mol. The maximum absolute atomic E-state index is 13.8. The Morgan fingerprint density at radius 3 is 2.36 bits per heavy atom. The standard InChI is InChI=1S/C22H26FN3O2/c23-18-13-7-8-14-19(18)25-22(28)26-20(15-16-9-3-1-4-10-16)21(27)24-17-11-5-2-6-12-17/h1,3-4,7-10,13-14,17,20H,2,5-6,11-12,15H2,(H,24,27)(H2,25,26,28). The predicted molar refractivity (Wildman–Crippen MR) is 108 cm³/mol. The van der Waals surface area contributed by atoms with Gasteiger partial charge in [0.1, 0.15) is 11.9 Å². The van der Waals surface area contributed by atoms with E-state index in [9.17, 15) is 14.0 Å². The van der Waals surface area contributed by atoms with Gasteiger partial charge in [-0.05, 0) is 30.5 Å². The molecule has 0 aliphatic heterocycles. The van der Waals surface area contributed by atoms with E-state index in [0.717, 1.165) is 31.2 Å². The van der Waals surface area contributed by atoms with E-state index in [1.807, 2.05) is 30.3 Å². The normalized spacial score (nSPS) is 15.5. The highest BCUT2D eigenvalue weighted by atomic mass is 19.1.